The van der Waals surface area contributed by atoms with Crippen molar-refractivity contribution in [1.82, 2.24) is 5.32 Å². The van der Waals surface area contributed by atoms with Crippen LogP contribution in [0.5, 0.6) is 11.5 Å². The molecule has 2 aromatic rings. The Hall–Kier alpha value is -2.61. The number of nitro groups is 1. The molecule has 0 fully saturated rings. The largest absolute Gasteiger partial charge is 0.493 e. The zero-order valence-corrected chi connectivity index (χ0v) is 15.3. The van der Waals surface area contributed by atoms with E-state index in [9.17, 15) is 14.9 Å². The van der Waals surface area contributed by atoms with Crippen LogP contribution in [0.2, 0.25) is 0 Å². The molecular formula is C17H17BrN2O5. The molecular weight excluding hydrogens is 392 g/mol. The van der Waals surface area contributed by atoms with E-state index in [4.69, 9.17) is 9.47 Å². The van der Waals surface area contributed by atoms with Crippen LogP contribution in [0.3, 0.4) is 0 Å². The molecule has 0 bridgehead atoms. The third-order valence-corrected chi connectivity index (χ3v) is 4.22. The van der Waals surface area contributed by atoms with Crippen molar-refractivity contribution < 1.29 is 19.2 Å². The molecule has 0 saturated heterocycles. The number of nitro benzene ring substituents is 1. The minimum atomic E-state index is -0.537. The maximum atomic E-state index is 12.2. The molecule has 25 heavy (non-hydrogen) atoms. The Morgan fingerprint density at radius 1 is 1.16 bits per heavy atom. The molecule has 0 aliphatic rings. The molecule has 0 unspecified atom stereocenters. The van der Waals surface area contributed by atoms with Gasteiger partial charge in [-0.15, -0.1) is 0 Å². The number of nitrogens with one attached hydrogen (secondary N) is 1. The van der Waals surface area contributed by atoms with Gasteiger partial charge in [-0.05, 0) is 52.2 Å². The third kappa shape index (κ3) is 4.69. The van der Waals surface area contributed by atoms with Gasteiger partial charge in [-0.2, -0.15) is 0 Å². The number of hydrogen-bond donors (Lipinski definition) is 1. The quantitative estimate of drug-likeness (QED) is 0.560. The zero-order valence-electron chi connectivity index (χ0n) is 13.7. The molecule has 0 atom stereocenters. The summed E-state index contributed by atoms with van der Waals surface area (Å²) in [4.78, 5) is 22.5. The monoisotopic (exact) mass is 408 g/mol. The number of nitrogens with zero attached hydrogens (tertiary/aromatic N) is 1. The molecule has 0 spiro atoms. The SMILES string of the molecule is COc1ccc(CCNC(=O)c2ccc(Br)c([N+](=O)[O-])c2)cc1OC. The van der Waals surface area contributed by atoms with Gasteiger partial charge in [0.15, 0.2) is 11.5 Å². The molecule has 0 saturated carbocycles. The number of carbonyl (C=O) groups is 1. The Balaban J connectivity index is 1.99. The number of benzene rings is 2. The molecule has 7 nitrogen and oxygen atoms in total. The Morgan fingerprint density at radius 2 is 1.88 bits per heavy atom. The summed E-state index contributed by atoms with van der Waals surface area (Å²) in [5.74, 6) is 0.892. The molecule has 1 amide bonds. The summed E-state index contributed by atoms with van der Waals surface area (Å²) < 4.78 is 10.8. The first-order valence-electron chi connectivity index (χ1n) is 7.39. The predicted octanol–water partition coefficient (Wildman–Crippen LogP) is 3.35. The molecule has 0 heterocycles. The van der Waals surface area contributed by atoms with Crippen LogP contribution < -0.4 is 14.8 Å². The van der Waals surface area contributed by atoms with Crippen molar-refractivity contribution in [3.05, 3.63) is 62.1 Å². The van der Waals surface area contributed by atoms with Gasteiger partial charge in [0.1, 0.15) is 0 Å². The van der Waals surface area contributed by atoms with Crippen LogP contribution in [0.15, 0.2) is 40.9 Å². The summed E-state index contributed by atoms with van der Waals surface area (Å²) in [7, 11) is 3.12. The number of carbonyl (C=O) groups excluding carboxylic acids is 1. The van der Waals surface area contributed by atoms with Gasteiger partial charge in [-0.25, -0.2) is 0 Å². The Kier molecular flexibility index (Phi) is 6.35. The molecule has 0 aromatic heterocycles. The first kappa shape index (κ1) is 18.7. The molecule has 0 aliphatic heterocycles. The second-order valence-electron chi connectivity index (χ2n) is 5.12. The lowest BCUT2D eigenvalue weighted by atomic mass is 10.1. The van der Waals surface area contributed by atoms with Crippen molar-refractivity contribution in [3.63, 3.8) is 0 Å². The Bertz CT molecular complexity index is 795. The highest BCUT2D eigenvalue weighted by Gasteiger charge is 2.15. The summed E-state index contributed by atoms with van der Waals surface area (Å²) in [5.41, 5.74) is 1.06. The highest BCUT2D eigenvalue weighted by atomic mass is 79.9. The van der Waals surface area contributed by atoms with Gasteiger partial charge in [0.05, 0.1) is 23.6 Å². The van der Waals surface area contributed by atoms with Gasteiger partial charge in [0.25, 0.3) is 11.6 Å². The van der Waals surface area contributed by atoms with Crippen LogP contribution >= 0.6 is 15.9 Å². The first-order valence-corrected chi connectivity index (χ1v) is 8.18. The number of amides is 1. The summed E-state index contributed by atoms with van der Waals surface area (Å²) in [6.07, 6.45) is 0.588. The molecule has 1 N–H and O–H groups in total. The number of rotatable bonds is 7. The fourth-order valence-electron chi connectivity index (χ4n) is 2.25. The Labute approximate surface area is 153 Å². The maximum Gasteiger partial charge on any atom is 0.284 e. The predicted molar refractivity (Wildman–Crippen MR) is 96.4 cm³/mol. The van der Waals surface area contributed by atoms with Crippen molar-refractivity contribution in [1.29, 1.82) is 0 Å². The van der Waals surface area contributed by atoms with Crippen LogP contribution in [0.4, 0.5) is 5.69 Å². The van der Waals surface area contributed by atoms with E-state index in [1.807, 2.05) is 12.1 Å². The Morgan fingerprint density at radius 3 is 2.52 bits per heavy atom. The number of methoxy groups -OCH3 is 2. The number of hydrogen-bond acceptors (Lipinski definition) is 5. The van der Waals surface area contributed by atoms with E-state index in [1.54, 1.807) is 20.3 Å². The minimum Gasteiger partial charge on any atom is -0.493 e. The second kappa shape index (κ2) is 8.48. The fraction of sp³-hybridized carbons (Fsp3) is 0.235. The van der Waals surface area contributed by atoms with Crippen LogP contribution in [0.25, 0.3) is 0 Å². The van der Waals surface area contributed by atoms with Crippen LogP contribution in [-0.2, 0) is 6.42 Å². The highest BCUT2D eigenvalue weighted by Crippen LogP contribution is 2.28. The van der Waals surface area contributed by atoms with Gasteiger partial charge >= 0.3 is 0 Å². The minimum absolute atomic E-state index is 0.146. The summed E-state index contributed by atoms with van der Waals surface area (Å²) in [5, 5.41) is 13.7. The average molecular weight is 409 g/mol. The highest BCUT2D eigenvalue weighted by molar-refractivity contribution is 9.10. The summed E-state index contributed by atoms with van der Waals surface area (Å²) >= 11 is 3.09. The van der Waals surface area contributed by atoms with Gasteiger partial charge in [0, 0.05) is 18.2 Å². The van der Waals surface area contributed by atoms with Crippen molar-refractivity contribution in [3.8, 4) is 11.5 Å². The molecule has 0 aliphatic carbocycles. The third-order valence-electron chi connectivity index (χ3n) is 3.55. The van der Waals surface area contributed by atoms with Crippen molar-refractivity contribution in [2.24, 2.45) is 0 Å². The van der Waals surface area contributed by atoms with Crippen molar-refractivity contribution in [2.45, 2.75) is 6.42 Å². The van der Waals surface area contributed by atoms with Gasteiger partial charge in [-0.3, -0.25) is 14.9 Å². The van der Waals surface area contributed by atoms with E-state index in [0.29, 0.717) is 28.9 Å². The fourth-order valence-corrected chi connectivity index (χ4v) is 2.64. The lowest BCUT2D eigenvalue weighted by Crippen LogP contribution is -2.25. The van der Waals surface area contributed by atoms with Crippen molar-refractivity contribution >= 4 is 27.5 Å². The molecule has 2 rings (SSSR count). The van der Waals surface area contributed by atoms with Crippen molar-refractivity contribution in [2.75, 3.05) is 20.8 Å². The van der Waals surface area contributed by atoms with E-state index in [-0.39, 0.29) is 17.2 Å². The molecule has 0 radical (unpaired) electrons. The first-order chi connectivity index (χ1) is 12.0. The molecule has 2 aromatic carbocycles. The lowest BCUT2D eigenvalue weighted by Gasteiger charge is -2.10. The van der Waals surface area contributed by atoms with Crippen LogP contribution in [0, 0.1) is 10.1 Å². The molecule has 8 heteroatoms. The molecule has 132 valence electrons. The number of halogens is 1. The van der Waals surface area contributed by atoms with Crippen LogP contribution in [-0.4, -0.2) is 31.6 Å². The van der Waals surface area contributed by atoms with E-state index < -0.39 is 4.92 Å². The van der Waals surface area contributed by atoms with Gasteiger partial charge in [-0.1, -0.05) is 6.07 Å². The van der Waals surface area contributed by atoms with Crippen LogP contribution in [0.1, 0.15) is 15.9 Å². The standard InChI is InChI=1S/C17H17BrN2O5/c1-24-15-6-3-11(9-16(15)25-2)7-8-19-17(21)12-4-5-13(18)14(10-12)20(22)23/h3-6,9-10H,7-8H2,1-2H3,(H,19,21). The van der Waals surface area contributed by atoms with Gasteiger partial charge < -0.3 is 14.8 Å². The average Bonchev–Trinajstić information content (AvgIpc) is 2.61. The second-order valence-corrected chi connectivity index (χ2v) is 5.97. The van der Waals surface area contributed by atoms with E-state index in [0.717, 1.165) is 5.56 Å². The van der Waals surface area contributed by atoms with E-state index >= 15 is 0 Å². The smallest absolute Gasteiger partial charge is 0.284 e. The van der Waals surface area contributed by atoms with Gasteiger partial charge in [0.2, 0.25) is 0 Å². The maximum absolute atomic E-state index is 12.2. The van der Waals surface area contributed by atoms with E-state index in [1.165, 1.54) is 18.2 Å². The zero-order chi connectivity index (χ0) is 18.4. The lowest BCUT2D eigenvalue weighted by molar-refractivity contribution is -0.385. The normalized spacial score (nSPS) is 10.2. The summed E-state index contributed by atoms with van der Waals surface area (Å²) in [6.45, 7) is 0.387. The topological polar surface area (TPSA) is 90.7 Å². The summed E-state index contributed by atoms with van der Waals surface area (Å²) in [6, 6.07) is 9.79. The number of ether oxygens (including phenoxy) is 2. The van der Waals surface area contributed by atoms with E-state index in [2.05, 4.69) is 21.2 Å².